The molecule has 1 heterocycles. The van der Waals surface area contributed by atoms with Gasteiger partial charge in [-0.1, -0.05) is 26.7 Å². The zero-order valence-corrected chi connectivity index (χ0v) is 10.4. The highest BCUT2D eigenvalue weighted by Crippen LogP contribution is 2.24. The minimum absolute atomic E-state index is 0.497. The number of hydrogen-bond acceptors (Lipinski definition) is 2. The lowest BCUT2D eigenvalue weighted by Gasteiger charge is -2.21. The van der Waals surface area contributed by atoms with Gasteiger partial charge >= 0.3 is 0 Å². The van der Waals surface area contributed by atoms with E-state index >= 15 is 0 Å². The molecule has 1 saturated carbocycles. The number of hydrogen-bond donors (Lipinski definition) is 2. The molecule has 0 radical (unpaired) electrons. The standard InChI is InChI=1S/C12H24N4/c1-9-7-16(8-10(9)2)12(15-13)14-11-5-3-4-6-11/h9-11H,3-8,13H2,1-2H3,(H,14,15). The Morgan fingerprint density at radius 1 is 1.19 bits per heavy atom. The van der Waals surface area contributed by atoms with E-state index < -0.39 is 0 Å². The fraction of sp³-hybridized carbons (Fsp3) is 0.917. The molecule has 16 heavy (non-hydrogen) atoms. The third-order valence-corrected chi connectivity index (χ3v) is 4.05. The lowest BCUT2D eigenvalue weighted by Crippen LogP contribution is -2.44. The van der Waals surface area contributed by atoms with Gasteiger partial charge in [-0.2, -0.15) is 0 Å². The van der Waals surface area contributed by atoms with E-state index in [2.05, 4.69) is 24.2 Å². The van der Waals surface area contributed by atoms with Gasteiger partial charge in [-0.15, -0.1) is 0 Å². The first-order valence-corrected chi connectivity index (χ1v) is 6.50. The normalized spacial score (nSPS) is 32.4. The second-order valence-electron chi connectivity index (χ2n) is 5.39. The van der Waals surface area contributed by atoms with Crippen molar-refractivity contribution < 1.29 is 0 Å². The van der Waals surface area contributed by atoms with Gasteiger partial charge in [-0.05, 0) is 24.7 Å². The van der Waals surface area contributed by atoms with Crippen molar-refractivity contribution in [3.63, 3.8) is 0 Å². The van der Waals surface area contributed by atoms with Gasteiger partial charge in [0.25, 0.3) is 0 Å². The van der Waals surface area contributed by atoms with E-state index in [1.54, 1.807) is 0 Å². The molecule has 0 bridgehead atoms. The van der Waals surface area contributed by atoms with Crippen LogP contribution in [0.1, 0.15) is 39.5 Å². The van der Waals surface area contributed by atoms with Gasteiger partial charge in [-0.3, -0.25) is 5.43 Å². The highest BCUT2D eigenvalue weighted by Gasteiger charge is 2.28. The van der Waals surface area contributed by atoms with E-state index in [0.29, 0.717) is 6.04 Å². The van der Waals surface area contributed by atoms with Crippen LogP contribution in [-0.4, -0.2) is 30.0 Å². The SMILES string of the molecule is CC1CN(C(=NC2CCCC2)NN)CC1C. The fourth-order valence-corrected chi connectivity index (χ4v) is 2.72. The second-order valence-corrected chi connectivity index (χ2v) is 5.39. The van der Waals surface area contributed by atoms with E-state index in [0.717, 1.165) is 30.9 Å². The highest BCUT2D eigenvalue weighted by atomic mass is 15.4. The van der Waals surface area contributed by atoms with Gasteiger partial charge in [-0.25, -0.2) is 10.8 Å². The van der Waals surface area contributed by atoms with Gasteiger partial charge in [0.05, 0.1) is 6.04 Å². The maximum absolute atomic E-state index is 5.60. The van der Waals surface area contributed by atoms with Crippen molar-refractivity contribution in [2.24, 2.45) is 22.7 Å². The largest absolute Gasteiger partial charge is 0.341 e. The molecule has 92 valence electrons. The minimum atomic E-state index is 0.497. The molecule has 0 aromatic carbocycles. The van der Waals surface area contributed by atoms with Gasteiger partial charge < -0.3 is 4.90 Å². The topological polar surface area (TPSA) is 53.6 Å². The summed E-state index contributed by atoms with van der Waals surface area (Å²) >= 11 is 0. The molecule has 2 fully saturated rings. The lowest BCUT2D eigenvalue weighted by molar-refractivity contribution is 0.466. The molecule has 0 amide bonds. The van der Waals surface area contributed by atoms with Crippen molar-refractivity contribution in [2.75, 3.05) is 13.1 Å². The van der Waals surface area contributed by atoms with Crippen LogP contribution in [0.25, 0.3) is 0 Å². The Balaban J connectivity index is 1.99. The van der Waals surface area contributed by atoms with E-state index in [1.165, 1.54) is 25.7 Å². The van der Waals surface area contributed by atoms with Crippen LogP contribution in [-0.2, 0) is 0 Å². The molecule has 0 aromatic heterocycles. The van der Waals surface area contributed by atoms with E-state index in [1.807, 2.05) is 0 Å². The minimum Gasteiger partial charge on any atom is -0.341 e. The summed E-state index contributed by atoms with van der Waals surface area (Å²) in [5.74, 6) is 7.98. The Bertz CT molecular complexity index is 248. The number of aliphatic imine (C=N–C) groups is 1. The van der Waals surface area contributed by atoms with Crippen molar-refractivity contribution >= 4 is 5.96 Å². The van der Waals surface area contributed by atoms with Crippen LogP contribution in [0.3, 0.4) is 0 Å². The zero-order chi connectivity index (χ0) is 11.5. The molecule has 2 unspecified atom stereocenters. The van der Waals surface area contributed by atoms with Crippen LogP contribution in [0, 0.1) is 11.8 Å². The van der Waals surface area contributed by atoms with Gasteiger partial charge in [0, 0.05) is 13.1 Å². The van der Waals surface area contributed by atoms with Crippen molar-refractivity contribution in [3.8, 4) is 0 Å². The Labute approximate surface area is 98.3 Å². The van der Waals surface area contributed by atoms with E-state index in [9.17, 15) is 0 Å². The summed E-state index contributed by atoms with van der Waals surface area (Å²) in [6.45, 7) is 6.76. The molecule has 0 spiro atoms. The molecule has 2 aliphatic rings. The molecule has 4 heteroatoms. The molecular formula is C12H24N4. The summed E-state index contributed by atoms with van der Waals surface area (Å²) in [5.41, 5.74) is 2.79. The van der Waals surface area contributed by atoms with Crippen LogP contribution in [0.2, 0.25) is 0 Å². The van der Waals surface area contributed by atoms with Gasteiger partial charge in [0.15, 0.2) is 0 Å². The van der Waals surface area contributed by atoms with Crippen LogP contribution in [0.15, 0.2) is 4.99 Å². The maximum atomic E-state index is 5.60. The third kappa shape index (κ3) is 2.48. The summed E-state index contributed by atoms with van der Waals surface area (Å²) in [4.78, 5) is 7.05. The number of nitrogens with one attached hydrogen (secondary N) is 1. The first kappa shape index (κ1) is 11.7. The maximum Gasteiger partial charge on any atom is 0.208 e. The summed E-state index contributed by atoms with van der Waals surface area (Å²) < 4.78 is 0. The van der Waals surface area contributed by atoms with Crippen LogP contribution in [0.4, 0.5) is 0 Å². The molecule has 3 N–H and O–H groups in total. The van der Waals surface area contributed by atoms with Crippen molar-refractivity contribution in [2.45, 2.75) is 45.6 Å². The zero-order valence-electron chi connectivity index (χ0n) is 10.4. The lowest BCUT2D eigenvalue weighted by atomic mass is 10.0. The van der Waals surface area contributed by atoms with Crippen LogP contribution in [0.5, 0.6) is 0 Å². The monoisotopic (exact) mass is 224 g/mol. The molecule has 0 aromatic rings. The van der Waals surface area contributed by atoms with E-state index in [4.69, 9.17) is 10.8 Å². The third-order valence-electron chi connectivity index (χ3n) is 4.05. The summed E-state index contributed by atoms with van der Waals surface area (Å²) in [6.07, 6.45) is 5.09. The fourth-order valence-electron chi connectivity index (χ4n) is 2.72. The van der Waals surface area contributed by atoms with E-state index in [-0.39, 0.29) is 0 Å². The number of likely N-dealkylation sites (tertiary alicyclic amines) is 1. The molecule has 1 aliphatic carbocycles. The first-order chi connectivity index (χ1) is 7.70. The van der Waals surface area contributed by atoms with Gasteiger partial charge in [0.1, 0.15) is 0 Å². The summed E-state index contributed by atoms with van der Waals surface area (Å²) in [5, 5.41) is 0. The Kier molecular flexibility index (Phi) is 3.69. The number of nitrogens with two attached hydrogens (primary N) is 1. The van der Waals surface area contributed by atoms with Crippen molar-refractivity contribution in [1.29, 1.82) is 0 Å². The molecule has 2 atom stereocenters. The quantitative estimate of drug-likeness (QED) is 0.306. The van der Waals surface area contributed by atoms with Crippen molar-refractivity contribution in [1.82, 2.24) is 10.3 Å². The smallest absolute Gasteiger partial charge is 0.208 e. The summed E-state index contributed by atoms with van der Waals surface area (Å²) in [6, 6.07) is 0.497. The van der Waals surface area contributed by atoms with Crippen molar-refractivity contribution in [3.05, 3.63) is 0 Å². The first-order valence-electron chi connectivity index (χ1n) is 6.50. The van der Waals surface area contributed by atoms with Crippen LogP contribution >= 0.6 is 0 Å². The molecule has 1 saturated heterocycles. The summed E-state index contributed by atoms with van der Waals surface area (Å²) in [7, 11) is 0. The number of rotatable bonds is 1. The number of nitrogens with zero attached hydrogens (tertiary/aromatic N) is 2. The van der Waals surface area contributed by atoms with Crippen LogP contribution < -0.4 is 11.3 Å². The number of hydrazine groups is 1. The Morgan fingerprint density at radius 3 is 2.25 bits per heavy atom. The highest BCUT2D eigenvalue weighted by molar-refractivity contribution is 5.79. The average molecular weight is 224 g/mol. The Morgan fingerprint density at radius 2 is 1.75 bits per heavy atom. The molecule has 1 aliphatic heterocycles. The van der Waals surface area contributed by atoms with Gasteiger partial charge in [0.2, 0.25) is 5.96 Å². The average Bonchev–Trinajstić information content (AvgIpc) is 2.86. The molecule has 2 rings (SSSR count). The number of guanidine groups is 1. The predicted octanol–water partition coefficient (Wildman–Crippen LogP) is 1.34. The predicted molar refractivity (Wildman–Crippen MR) is 66.9 cm³/mol. The molecule has 4 nitrogen and oxygen atoms in total. The second kappa shape index (κ2) is 5.04. The molecular weight excluding hydrogens is 200 g/mol. The Hall–Kier alpha value is -0.770.